The molecular formula is C19H26N6O3S. The number of carbonyl (C=O) groups excluding carboxylic acids is 1. The van der Waals surface area contributed by atoms with Gasteiger partial charge in [-0.25, -0.2) is 8.42 Å². The Morgan fingerprint density at radius 1 is 1.17 bits per heavy atom. The molecule has 156 valence electrons. The number of hydrogen-bond donors (Lipinski definition) is 0. The number of nitrogens with zero attached hydrogens (tertiary/aromatic N) is 6. The van der Waals surface area contributed by atoms with Crippen LogP contribution in [0.3, 0.4) is 0 Å². The third kappa shape index (κ3) is 3.78. The molecule has 10 heteroatoms. The van der Waals surface area contributed by atoms with Crippen molar-refractivity contribution in [2.45, 2.75) is 56.5 Å². The van der Waals surface area contributed by atoms with Crippen LogP contribution in [0.1, 0.15) is 50.3 Å². The minimum absolute atomic E-state index is 0.0843. The Hall–Kier alpha value is -2.33. The summed E-state index contributed by atoms with van der Waals surface area (Å²) < 4.78 is 29.4. The molecule has 9 nitrogen and oxygen atoms in total. The first-order valence-electron chi connectivity index (χ1n) is 10.1. The minimum Gasteiger partial charge on any atom is -0.332 e. The molecule has 0 aliphatic carbocycles. The number of likely N-dealkylation sites (tertiary alicyclic amines) is 1. The van der Waals surface area contributed by atoms with Gasteiger partial charge in [0.25, 0.3) is 0 Å². The molecule has 1 atom stereocenters. The third-order valence-electron chi connectivity index (χ3n) is 5.71. The molecule has 0 saturated carbocycles. The second-order valence-electron chi connectivity index (χ2n) is 7.42. The molecule has 4 rings (SSSR count). The van der Waals surface area contributed by atoms with Crippen LogP contribution in [-0.4, -0.2) is 62.9 Å². The lowest BCUT2D eigenvalue weighted by atomic mass is 10.0. The lowest BCUT2D eigenvalue weighted by Crippen LogP contribution is -2.39. The molecule has 1 fully saturated rings. The van der Waals surface area contributed by atoms with Gasteiger partial charge in [0.1, 0.15) is 10.7 Å². The second-order valence-corrected chi connectivity index (χ2v) is 9.36. The second kappa shape index (κ2) is 8.19. The van der Waals surface area contributed by atoms with E-state index in [2.05, 4.69) is 15.2 Å². The molecule has 2 aromatic heterocycles. The number of fused-ring (bicyclic) bond motifs is 1. The van der Waals surface area contributed by atoms with Crippen LogP contribution in [0.2, 0.25) is 0 Å². The van der Waals surface area contributed by atoms with Crippen LogP contribution >= 0.6 is 0 Å². The Labute approximate surface area is 170 Å². The average Bonchev–Trinajstić information content (AvgIpc) is 3.03. The summed E-state index contributed by atoms with van der Waals surface area (Å²) in [7, 11) is -3.60. The lowest BCUT2D eigenvalue weighted by Gasteiger charge is -2.35. The maximum Gasteiger partial charge on any atom is 0.244 e. The van der Waals surface area contributed by atoms with Crippen molar-refractivity contribution < 1.29 is 13.2 Å². The fraction of sp³-hybridized carbons (Fsp3) is 0.579. The summed E-state index contributed by atoms with van der Waals surface area (Å²) in [6.07, 6.45) is 6.80. The van der Waals surface area contributed by atoms with Crippen LogP contribution in [0, 0.1) is 0 Å². The smallest absolute Gasteiger partial charge is 0.244 e. The quantitative estimate of drug-likeness (QED) is 0.744. The number of sulfonamides is 1. The highest BCUT2D eigenvalue weighted by Gasteiger charge is 2.34. The third-order valence-corrected chi connectivity index (χ3v) is 7.59. The number of carbonyl (C=O) groups is 1. The van der Waals surface area contributed by atoms with E-state index in [1.54, 1.807) is 18.3 Å². The number of hydrogen-bond acceptors (Lipinski definition) is 6. The molecule has 0 spiro atoms. The van der Waals surface area contributed by atoms with Gasteiger partial charge in [0.15, 0.2) is 5.82 Å². The molecule has 2 aliphatic heterocycles. The van der Waals surface area contributed by atoms with Crippen molar-refractivity contribution >= 4 is 15.9 Å². The maximum absolute atomic E-state index is 13.0. The van der Waals surface area contributed by atoms with Gasteiger partial charge in [-0.3, -0.25) is 9.78 Å². The van der Waals surface area contributed by atoms with Crippen LogP contribution in [0.15, 0.2) is 29.4 Å². The molecule has 29 heavy (non-hydrogen) atoms. The van der Waals surface area contributed by atoms with Crippen molar-refractivity contribution in [1.82, 2.24) is 29.0 Å². The largest absolute Gasteiger partial charge is 0.332 e. The predicted molar refractivity (Wildman–Crippen MR) is 105 cm³/mol. The van der Waals surface area contributed by atoms with E-state index < -0.39 is 10.0 Å². The summed E-state index contributed by atoms with van der Waals surface area (Å²) in [5, 5.41) is 8.76. The zero-order valence-corrected chi connectivity index (χ0v) is 17.4. The van der Waals surface area contributed by atoms with Crippen molar-refractivity contribution in [2.75, 3.05) is 19.6 Å². The van der Waals surface area contributed by atoms with Gasteiger partial charge in [0, 0.05) is 51.4 Å². The van der Waals surface area contributed by atoms with Gasteiger partial charge in [0.2, 0.25) is 15.9 Å². The van der Waals surface area contributed by atoms with Gasteiger partial charge in [-0.1, -0.05) is 6.92 Å². The monoisotopic (exact) mass is 418 g/mol. The highest BCUT2D eigenvalue weighted by molar-refractivity contribution is 7.89. The molecule has 0 bridgehead atoms. The number of rotatable bonds is 4. The Balaban J connectivity index is 1.58. The summed E-state index contributed by atoms with van der Waals surface area (Å²) >= 11 is 0. The first-order chi connectivity index (χ1) is 14.0. The topological polar surface area (TPSA) is 101 Å². The van der Waals surface area contributed by atoms with Crippen molar-refractivity contribution in [3.63, 3.8) is 0 Å². The highest BCUT2D eigenvalue weighted by atomic mass is 32.2. The Bertz CT molecular complexity index is 975. The molecule has 1 unspecified atom stereocenters. The molecule has 1 saturated heterocycles. The molecule has 2 aromatic rings. The fourth-order valence-electron chi connectivity index (χ4n) is 4.16. The maximum atomic E-state index is 13.0. The van der Waals surface area contributed by atoms with Gasteiger partial charge in [-0.05, 0) is 31.4 Å². The summed E-state index contributed by atoms with van der Waals surface area (Å²) in [5.41, 5.74) is 0. The van der Waals surface area contributed by atoms with Gasteiger partial charge >= 0.3 is 0 Å². The SMILES string of the molecule is CCC(=O)N1CCCCC1c1nnc2n1CCN(S(=O)(=O)c1cccnc1)CC2. The summed E-state index contributed by atoms with van der Waals surface area (Å²) in [4.78, 5) is 18.5. The minimum atomic E-state index is -3.60. The fourth-order valence-corrected chi connectivity index (χ4v) is 5.56. The summed E-state index contributed by atoms with van der Waals surface area (Å²) in [5.74, 6) is 1.68. The Morgan fingerprint density at radius 2 is 2.03 bits per heavy atom. The van der Waals surface area contributed by atoms with Crippen molar-refractivity contribution in [3.05, 3.63) is 36.2 Å². The van der Waals surface area contributed by atoms with Crippen molar-refractivity contribution in [3.8, 4) is 0 Å². The standard InChI is InChI=1S/C19H26N6O3S/c1-2-18(26)24-10-4-3-7-16(24)19-22-21-17-8-11-23(12-13-25(17)19)29(27,28)15-6-5-9-20-14-15/h5-6,9,14,16H,2-4,7-8,10-13H2,1H3. The molecule has 4 heterocycles. The van der Waals surface area contributed by atoms with Crippen LogP contribution in [0.4, 0.5) is 0 Å². The van der Waals surface area contributed by atoms with E-state index in [4.69, 9.17) is 0 Å². The first-order valence-corrected chi connectivity index (χ1v) is 11.6. The molecule has 0 radical (unpaired) electrons. The van der Waals surface area contributed by atoms with E-state index in [1.807, 2.05) is 16.4 Å². The zero-order chi connectivity index (χ0) is 20.4. The highest BCUT2D eigenvalue weighted by Crippen LogP contribution is 2.31. The van der Waals surface area contributed by atoms with Gasteiger partial charge in [0.05, 0.1) is 6.04 Å². The van der Waals surface area contributed by atoms with E-state index >= 15 is 0 Å². The van der Waals surface area contributed by atoms with Gasteiger partial charge in [-0.2, -0.15) is 4.31 Å². The zero-order valence-electron chi connectivity index (χ0n) is 16.6. The first kappa shape index (κ1) is 20.0. The molecule has 0 aromatic carbocycles. The number of amides is 1. The van der Waals surface area contributed by atoms with Crippen molar-refractivity contribution in [1.29, 1.82) is 0 Å². The van der Waals surface area contributed by atoms with E-state index in [0.29, 0.717) is 32.5 Å². The van der Waals surface area contributed by atoms with E-state index in [0.717, 1.165) is 37.5 Å². The molecule has 0 N–H and O–H groups in total. The number of piperidine rings is 1. The van der Waals surface area contributed by atoms with Gasteiger partial charge in [-0.15, -0.1) is 10.2 Å². The van der Waals surface area contributed by atoms with E-state index in [9.17, 15) is 13.2 Å². The number of pyridine rings is 1. The Morgan fingerprint density at radius 3 is 2.79 bits per heavy atom. The number of aromatic nitrogens is 4. The van der Waals surface area contributed by atoms with Crippen molar-refractivity contribution in [2.24, 2.45) is 0 Å². The predicted octanol–water partition coefficient (Wildman–Crippen LogP) is 1.38. The summed E-state index contributed by atoms with van der Waals surface area (Å²) in [6.45, 7) is 3.77. The average molecular weight is 419 g/mol. The molecular weight excluding hydrogens is 392 g/mol. The molecule has 1 amide bonds. The van der Waals surface area contributed by atoms with Crippen LogP contribution in [-0.2, 0) is 27.8 Å². The Kier molecular flexibility index (Phi) is 5.64. The lowest BCUT2D eigenvalue weighted by molar-refractivity contribution is -0.135. The van der Waals surface area contributed by atoms with E-state index in [-0.39, 0.29) is 16.8 Å². The van der Waals surface area contributed by atoms with Crippen LogP contribution in [0.5, 0.6) is 0 Å². The van der Waals surface area contributed by atoms with Gasteiger partial charge < -0.3 is 9.47 Å². The van der Waals surface area contributed by atoms with Crippen LogP contribution < -0.4 is 0 Å². The van der Waals surface area contributed by atoms with Crippen LogP contribution in [0.25, 0.3) is 0 Å². The normalized spacial score (nSPS) is 20.9. The van der Waals surface area contributed by atoms with E-state index in [1.165, 1.54) is 10.5 Å². The summed E-state index contributed by atoms with van der Waals surface area (Å²) in [6, 6.07) is 3.11. The molecule has 2 aliphatic rings.